The number of aromatic hydroxyl groups is 1. The third kappa shape index (κ3) is 7.35. The van der Waals surface area contributed by atoms with Gasteiger partial charge in [-0.25, -0.2) is 4.79 Å². The number of hydrogen-bond acceptors (Lipinski definition) is 8. The summed E-state index contributed by atoms with van der Waals surface area (Å²) in [5, 5.41) is 32.6. The second kappa shape index (κ2) is 12.2. The normalized spacial score (nSPS) is 17.9. The third-order valence-corrected chi connectivity index (χ3v) is 5.75. The molecule has 186 valence electrons. The summed E-state index contributed by atoms with van der Waals surface area (Å²) in [6, 6.07) is 0.853. The number of carboxylic acids is 2. The molecule has 12 nitrogen and oxygen atoms in total. The van der Waals surface area contributed by atoms with Crippen LogP contribution in [0.25, 0.3) is 0 Å². The zero-order valence-electron chi connectivity index (χ0n) is 18.2. The van der Waals surface area contributed by atoms with Crippen molar-refractivity contribution in [3.63, 3.8) is 0 Å². The van der Waals surface area contributed by atoms with Crippen LogP contribution in [-0.2, 0) is 30.4 Å². The number of phenolic OH excluding ortho intramolecular Hbond substituents is 1. The third-order valence-electron chi connectivity index (χ3n) is 5.35. The Morgan fingerprint density at radius 3 is 2.29 bits per heavy atom. The summed E-state index contributed by atoms with van der Waals surface area (Å²) in [7, 11) is 0. The lowest BCUT2D eigenvalue weighted by molar-refractivity contribution is -0.144. The summed E-state index contributed by atoms with van der Waals surface area (Å²) in [5.74, 6) is -4.90. The highest BCUT2D eigenvalue weighted by Gasteiger charge is 2.38. The number of nitrogens with one attached hydrogen (secondary N) is 2. The number of aliphatic carboxylic acids is 2. The Hall–Kier alpha value is -3.32. The molecule has 1 aliphatic rings. The van der Waals surface area contributed by atoms with Crippen molar-refractivity contribution < 1.29 is 39.3 Å². The zero-order valence-corrected chi connectivity index (χ0v) is 19.1. The molecule has 3 amide bonds. The minimum absolute atomic E-state index is 0.0151. The molecule has 4 unspecified atom stereocenters. The number of hydrogen-bond donors (Lipinski definition) is 7. The quantitative estimate of drug-likeness (QED) is 0.182. The molecule has 1 fully saturated rings. The maximum absolute atomic E-state index is 12.8. The van der Waals surface area contributed by atoms with Gasteiger partial charge < -0.3 is 36.6 Å². The Morgan fingerprint density at radius 2 is 1.74 bits per heavy atom. The van der Waals surface area contributed by atoms with Crippen molar-refractivity contribution in [3.8, 4) is 5.75 Å². The van der Waals surface area contributed by atoms with Crippen LogP contribution >= 0.6 is 12.6 Å². The van der Waals surface area contributed by atoms with Crippen molar-refractivity contribution in [1.82, 2.24) is 15.5 Å². The average molecular weight is 497 g/mol. The molecular formula is C21H28N4O8S. The van der Waals surface area contributed by atoms with Crippen molar-refractivity contribution in [2.24, 2.45) is 5.73 Å². The molecule has 0 spiro atoms. The Labute approximate surface area is 200 Å². The summed E-state index contributed by atoms with van der Waals surface area (Å²) in [4.78, 5) is 62.2. The molecule has 34 heavy (non-hydrogen) atoms. The number of thiol groups is 1. The summed E-state index contributed by atoms with van der Waals surface area (Å²) >= 11 is 3.99. The number of nitrogens with zero attached hydrogens (tertiary/aromatic N) is 1. The smallest absolute Gasteiger partial charge is 0.326 e. The Bertz CT molecular complexity index is 926. The minimum Gasteiger partial charge on any atom is -0.508 e. The van der Waals surface area contributed by atoms with Gasteiger partial charge in [0.2, 0.25) is 17.7 Å². The number of carbonyl (C=O) groups excluding carboxylic acids is 3. The maximum Gasteiger partial charge on any atom is 0.326 e. The number of benzene rings is 1. The van der Waals surface area contributed by atoms with E-state index in [1.807, 2.05) is 0 Å². The molecule has 7 N–H and O–H groups in total. The fourth-order valence-electron chi connectivity index (χ4n) is 3.59. The van der Waals surface area contributed by atoms with E-state index in [0.29, 0.717) is 18.4 Å². The first-order valence-corrected chi connectivity index (χ1v) is 11.2. The van der Waals surface area contributed by atoms with Crippen LogP contribution in [0.4, 0.5) is 0 Å². The first kappa shape index (κ1) is 26.9. The molecule has 1 saturated heterocycles. The van der Waals surface area contributed by atoms with Crippen molar-refractivity contribution in [1.29, 1.82) is 0 Å². The first-order chi connectivity index (χ1) is 16.0. The van der Waals surface area contributed by atoms with Gasteiger partial charge in [-0.05, 0) is 30.5 Å². The molecule has 0 aliphatic carbocycles. The lowest BCUT2D eigenvalue weighted by Crippen LogP contribution is -2.57. The molecule has 0 bridgehead atoms. The number of amides is 3. The predicted octanol–water partition coefficient (Wildman–Crippen LogP) is -1.29. The van der Waals surface area contributed by atoms with Gasteiger partial charge in [0, 0.05) is 18.7 Å². The summed E-state index contributed by atoms with van der Waals surface area (Å²) in [5.41, 5.74) is 6.22. The second-order valence-electron chi connectivity index (χ2n) is 7.91. The Morgan fingerprint density at radius 1 is 1.09 bits per heavy atom. The molecule has 1 heterocycles. The van der Waals surface area contributed by atoms with Crippen molar-refractivity contribution in [2.45, 2.75) is 49.9 Å². The molecule has 4 atom stereocenters. The van der Waals surface area contributed by atoms with Gasteiger partial charge >= 0.3 is 11.9 Å². The van der Waals surface area contributed by atoms with E-state index in [1.165, 1.54) is 29.2 Å². The second-order valence-corrected chi connectivity index (χ2v) is 8.27. The van der Waals surface area contributed by atoms with Crippen LogP contribution in [0.3, 0.4) is 0 Å². The fourth-order valence-corrected chi connectivity index (χ4v) is 3.74. The van der Waals surface area contributed by atoms with E-state index >= 15 is 0 Å². The van der Waals surface area contributed by atoms with Gasteiger partial charge in [0.15, 0.2) is 0 Å². The van der Waals surface area contributed by atoms with Crippen molar-refractivity contribution in [2.75, 3.05) is 12.3 Å². The van der Waals surface area contributed by atoms with Gasteiger partial charge in [-0.2, -0.15) is 12.6 Å². The Kier molecular flexibility index (Phi) is 9.69. The summed E-state index contributed by atoms with van der Waals surface area (Å²) < 4.78 is 0. The topological polar surface area (TPSA) is 199 Å². The lowest BCUT2D eigenvalue weighted by atomic mass is 10.0. The maximum atomic E-state index is 12.8. The number of rotatable bonds is 11. The van der Waals surface area contributed by atoms with Crippen LogP contribution in [0.1, 0.15) is 24.8 Å². The van der Waals surface area contributed by atoms with Gasteiger partial charge in [-0.3, -0.25) is 19.2 Å². The SMILES string of the molecule is NC(CS)C(=O)N1CCCC1C(=O)NC(CC(=O)O)C(=O)NC(Cc1ccc(O)cc1)C(=O)O. The van der Waals surface area contributed by atoms with E-state index in [4.69, 9.17) is 5.73 Å². The largest absolute Gasteiger partial charge is 0.508 e. The van der Waals surface area contributed by atoms with E-state index in [9.17, 15) is 39.3 Å². The lowest BCUT2D eigenvalue weighted by Gasteiger charge is -2.28. The standard InChI is InChI=1S/C21H28N4O8S/c22-13(10-34)20(31)25-7-1-2-16(25)19(30)23-14(9-17(27)28)18(29)24-15(21(32)33)8-11-3-5-12(26)6-4-11/h3-6,13-16,26,34H,1-2,7-10,22H2,(H,23,30)(H,24,29)(H,27,28)(H,32,33). The molecule has 2 rings (SSSR count). The average Bonchev–Trinajstić information content (AvgIpc) is 3.28. The molecule has 1 aromatic rings. The van der Waals surface area contributed by atoms with Crippen LogP contribution in [0.2, 0.25) is 0 Å². The van der Waals surface area contributed by atoms with E-state index in [0.717, 1.165) is 0 Å². The van der Waals surface area contributed by atoms with Gasteiger partial charge in [0.25, 0.3) is 0 Å². The molecule has 1 aromatic carbocycles. The molecule has 0 saturated carbocycles. The van der Waals surface area contributed by atoms with Gasteiger partial charge in [-0.15, -0.1) is 0 Å². The molecular weight excluding hydrogens is 468 g/mol. The highest BCUT2D eigenvalue weighted by molar-refractivity contribution is 7.80. The van der Waals surface area contributed by atoms with Crippen LogP contribution in [-0.4, -0.2) is 86.3 Å². The number of likely N-dealkylation sites (tertiary alicyclic amines) is 1. The number of carbonyl (C=O) groups is 5. The van der Waals surface area contributed by atoms with Crippen LogP contribution in [0, 0.1) is 0 Å². The van der Waals surface area contributed by atoms with Crippen LogP contribution < -0.4 is 16.4 Å². The number of carboxylic acid groups (broad SMARTS) is 2. The molecule has 0 aromatic heterocycles. The summed E-state index contributed by atoms with van der Waals surface area (Å²) in [6.07, 6.45) is -0.106. The van der Waals surface area contributed by atoms with Crippen LogP contribution in [0.5, 0.6) is 5.75 Å². The van der Waals surface area contributed by atoms with Gasteiger partial charge in [0.1, 0.15) is 23.9 Å². The molecule has 13 heteroatoms. The summed E-state index contributed by atoms with van der Waals surface area (Å²) in [6.45, 7) is 0.280. The number of phenols is 1. The number of nitrogens with two attached hydrogens (primary N) is 1. The predicted molar refractivity (Wildman–Crippen MR) is 122 cm³/mol. The highest BCUT2D eigenvalue weighted by atomic mass is 32.1. The van der Waals surface area contributed by atoms with E-state index in [-0.39, 0.29) is 24.5 Å². The first-order valence-electron chi connectivity index (χ1n) is 10.5. The highest BCUT2D eigenvalue weighted by Crippen LogP contribution is 2.19. The van der Waals surface area contributed by atoms with E-state index < -0.39 is 60.2 Å². The minimum atomic E-state index is -1.57. The van der Waals surface area contributed by atoms with Gasteiger partial charge in [0.05, 0.1) is 12.5 Å². The zero-order chi connectivity index (χ0) is 25.4. The fraction of sp³-hybridized carbons (Fsp3) is 0.476. The monoisotopic (exact) mass is 496 g/mol. The van der Waals surface area contributed by atoms with E-state index in [1.54, 1.807) is 0 Å². The molecule has 0 radical (unpaired) electrons. The van der Waals surface area contributed by atoms with Gasteiger partial charge in [-0.1, -0.05) is 12.1 Å². The van der Waals surface area contributed by atoms with Crippen LogP contribution in [0.15, 0.2) is 24.3 Å². The Balaban J connectivity index is 2.12. The van der Waals surface area contributed by atoms with Crippen molar-refractivity contribution >= 4 is 42.3 Å². The van der Waals surface area contributed by atoms with Crippen molar-refractivity contribution in [3.05, 3.63) is 29.8 Å². The van der Waals surface area contributed by atoms with E-state index in [2.05, 4.69) is 23.3 Å². The molecule has 1 aliphatic heterocycles.